The second kappa shape index (κ2) is 9.90. The number of carbonyl (C=O) groups excluding carboxylic acids is 1. The maximum Gasteiger partial charge on any atom is 0.417 e. The molecular formula is C18H16ClF3N6OS. The smallest absolute Gasteiger partial charge is 0.353 e. The number of pyridine rings is 1. The Kier molecular flexibility index (Phi) is 7.27. The van der Waals surface area contributed by atoms with E-state index in [1.54, 1.807) is 0 Å². The first-order chi connectivity index (χ1) is 14.3. The van der Waals surface area contributed by atoms with Crippen LogP contribution in [0.3, 0.4) is 0 Å². The summed E-state index contributed by atoms with van der Waals surface area (Å²) in [5.74, 6) is 0.0931. The molecule has 0 saturated heterocycles. The number of nitrogens with one attached hydrogen (secondary N) is 1. The molecule has 0 fully saturated rings. The number of rotatable bonds is 8. The Balaban J connectivity index is 1.56. The van der Waals surface area contributed by atoms with Crippen LogP contribution in [0.15, 0.2) is 53.9 Å². The molecule has 1 atom stereocenters. The molecule has 7 nitrogen and oxygen atoms in total. The zero-order valence-electron chi connectivity index (χ0n) is 15.4. The van der Waals surface area contributed by atoms with Crippen molar-refractivity contribution in [3.63, 3.8) is 0 Å². The van der Waals surface area contributed by atoms with Crippen LogP contribution in [0.25, 0.3) is 0 Å². The Labute approximate surface area is 179 Å². The van der Waals surface area contributed by atoms with E-state index in [-0.39, 0.29) is 22.5 Å². The Morgan fingerprint density at radius 3 is 2.67 bits per heavy atom. The van der Waals surface area contributed by atoms with E-state index >= 15 is 0 Å². The molecule has 30 heavy (non-hydrogen) atoms. The van der Waals surface area contributed by atoms with E-state index in [2.05, 4.69) is 25.8 Å². The lowest BCUT2D eigenvalue weighted by molar-refractivity contribution is -0.137. The minimum Gasteiger partial charge on any atom is -0.353 e. The topological polar surface area (TPSA) is 85.6 Å². The summed E-state index contributed by atoms with van der Waals surface area (Å²) in [5, 5.41) is 14.0. The molecule has 1 aromatic carbocycles. The van der Waals surface area contributed by atoms with Gasteiger partial charge in [-0.1, -0.05) is 41.9 Å². The zero-order chi connectivity index (χ0) is 21.6. The second-order valence-corrected chi connectivity index (χ2v) is 7.63. The highest BCUT2D eigenvalue weighted by atomic mass is 35.5. The molecule has 12 heteroatoms. The Hall–Kier alpha value is -2.66. The van der Waals surface area contributed by atoms with E-state index < -0.39 is 17.8 Å². The number of halogens is 4. The summed E-state index contributed by atoms with van der Waals surface area (Å²) in [4.78, 5) is 16.4. The van der Waals surface area contributed by atoms with Crippen LogP contribution in [0.5, 0.6) is 0 Å². The van der Waals surface area contributed by atoms with Gasteiger partial charge in [0.15, 0.2) is 0 Å². The molecule has 0 aliphatic rings. The van der Waals surface area contributed by atoms with Crippen LogP contribution in [0.2, 0.25) is 5.02 Å². The lowest BCUT2D eigenvalue weighted by Crippen LogP contribution is -2.35. The molecule has 2 heterocycles. The molecular weight excluding hydrogens is 441 g/mol. The molecule has 3 rings (SSSR count). The molecule has 2 aromatic heterocycles. The average Bonchev–Trinajstić information content (AvgIpc) is 3.24. The lowest BCUT2D eigenvalue weighted by Gasteiger charge is -2.16. The molecule has 0 radical (unpaired) electrons. The number of hydrogen-bond donors (Lipinski definition) is 1. The van der Waals surface area contributed by atoms with Gasteiger partial charge >= 0.3 is 6.18 Å². The molecule has 1 unspecified atom stereocenters. The Bertz CT molecular complexity index is 972. The fraction of sp³-hybridized carbons (Fsp3) is 0.278. The van der Waals surface area contributed by atoms with Crippen molar-refractivity contribution in [2.75, 3.05) is 12.3 Å². The van der Waals surface area contributed by atoms with Gasteiger partial charge in [-0.25, -0.2) is 9.67 Å². The molecule has 0 spiro atoms. The summed E-state index contributed by atoms with van der Waals surface area (Å²) in [5.41, 5.74) is 0.0404. The predicted molar refractivity (Wildman–Crippen MR) is 105 cm³/mol. The van der Waals surface area contributed by atoms with Crippen molar-refractivity contribution < 1.29 is 18.0 Å². The number of benzene rings is 1. The van der Waals surface area contributed by atoms with Gasteiger partial charge in [0.2, 0.25) is 5.91 Å². The number of nitrogens with zero attached hydrogens (tertiary/aromatic N) is 5. The largest absolute Gasteiger partial charge is 0.417 e. The predicted octanol–water partition coefficient (Wildman–Crippen LogP) is 3.43. The van der Waals surface area contributed by atoms with Crippen LogP contribution >= 0.6 is 23.4 Å². The summed E-state index contributed by atoms with van der Waals surface area (Å²) in [6, 6.07) is 9.64. The summed E-state index contributed by atoms with van der Waals surface area (Å²) in [6.07, 6.45) is -2.00. The number of hydrogen-bond acceptors (Lipinski definition) is 6. The van der Waals surface area contributed by atoms with Crippen molar-refractivity contribution in [3.8, 4) is 0 Å². The second-order valence-electron chi connectivity index (χ2n) is 6.14. The van der Waals surface area contributed by atoms with Crippen molar-refractivity contribution in [2.45, 2.75) is 23.7 Å². The number of tetrazole rings is 1. The van der Waals surface area contributed by atoms with E-state index in [1.807, 2.05) is 30.3 Å². The van der Waals surface area contributed by atoms with E-state index in [9.17, 15) is 18.0 Å². The van der Waals surface area contributed by atoms with Gasteiger partial charge < -0.3 is 5.32 Å². The van der Waals surface area contributed by atoms with Crippen molar-refractivity contribution in [1.29, 1.82) is 0 Å². The van der Waals surface area contributed by atoms with Crippen LogP contribution in [0.1, 0.15) is 17.2 Å². The van der Waals surface area contributed by atoms with Crippen LogP contribution in [0.4, 0.5) is 13.2 Å². The molecule has 0 bridgehead atoms. The molecule has 0 saturated carbocycles. The first-order valence-corrected chi connectivity index (χ1v) is 10.1. The number of aromatic nitrogens is 5. The quantitative estimate of drug-likeness (QED) is 0.413. The van der Waals surface area contributed by atoms with Gasteiger partial charge in [0.25, 0.3) is 0 Å². The number of carbonyl (C=O) groups is 1. The van der Waals surface area contributed by atoms with Gasteiger partial charge in [-0.05, 0) is 22.1 Å². The Morgan fingerprint density at radius 2 is 2.03 bits per heavy atom. The molecule has 158 valence electrons. The van der Waals surface area contributed by atoms with Crippen LogP contribution in [-0.2, 0) is 17.4 Å². The fourth-order valence-electron chi connectivity index (χ4n) is 2.58. The van der Waals surface area contributed by atoms with Crippen molar-refractivity contribution in [3.05, 3.63) is 65.1 Å². The number of alkyl halides is 3. The Morgan fingerprint density at radius 1 is 1.27 bits per heavy atom. The maximum absolute atomic E-state index is 12.7. The third-order valence-corrected chi connectivity index (χ3v) is 5.44. The van der Waals surface area contributed by atoms with Gasteiger partial charge in [0, 0.05) is 24.9 Å². The highest BCUT2D eigenvalue weighted by Gasteiger charge is 2.31. The van der Waals surface area contributed by atoms with Gasteiger partial charge in [0.1, 0.15) is 17.4 Å². The zero-order valence-corrected chi connectivity index (χ0v) is 17.0. The molecule has 0 aliphatic heterocycles. The summed E-state index contributed by atoms with van der Waals surface area (Å²) in [7, 11) is 0. The molecule has 1 amide bonds. The van der Waals surface area contributed by atoms with E-state index in [4.69, 9.17) is 11.6 Å². The van der Waals surface area contributed by atoms with Gasteiger partial charge in [-0.3, -0.25) is 4.79 Å². The lowest BCUT2D eigenvalue weighted by atomic mass is 10.1. The fourth-order valence-corrected chi connectivity index (χ4v) is 3.63. The van der Waals surface area contributed by atoms with Gasteiger partial charge in [0.05, 0.1) is 10.6 Å². The van der Waals surface area contributed by atoms with Crippen LogP contribution < -0.4 is 5.32 Å². The SMILES string of the molecule is O=C(NCCSc1ncc(C(F)(F)F)cc1Cl)C(Cc1ccccc1)n1cnnn1. The summed E-state index contributed by atoms with van der Waals surface area (Å²) in [6.45, 7) is 0.260. The molecule has 3 aromatic rings. The highest BCUT2D eigenvalue weighted by molar-refractivity contribution is 7.99. The minimum atomic E-state index is -4.50. The molecule has 0 aliphatic carbocycles. The first kappa shape index (κ1) is 22.0. The normalized spacial score (nSPS) is 12.5. The van der Waals surface area contributed by atoms with Crippen LogP contribution in [-0.4, -0.2) is 43.4 Å². The van der Waals surface area contributed by atoms with E-state index in [1.165, 1.54) is 11.0 Å². The highest BCUT2D eigenvalue weighted by Crippen LogP contribution is 2.33. The van der Waals surface area contributed by atoms with Crippen molar-refractivity contribution in [2.24, 2.45) is 0 Å². The standard InChI is InChI=1S/C18H16ClF3N6OS/c19-14-9-13(18(20,21)22)10-24-17(14)30-7-6-23-16(29)15(28-11-25-26-27-28)8-12-4-2-1-3-5-12/h1-5,9-11,15H,6-8H2,(H,23,29). The van der Waals surface area contributed by atoms with Gasteiger partial charge in [-0.15, -0.1) is 16.9 Å². The maximum atomic E-state index is 12.7. The third-order valence-electron chi connectivity index (χ3n) is 4.03. The monoisotopic (exact) mass is 456 g/mol. The van der Waals surface area contributed by atoms with Gasteiger partial charge in [-0.2, -0.15) is 13.2 Å². The number of amides is 1. The summed E-state index contributed by atoms with van der Waals surface area (Å²) >= 11 is 7.04. The van der Waals surface area contributed by atoms with E-state index in [0.717, 1.165) is 29.6 Å². The number of thioether (sulfide) groups is 1. The first-order valence-electron chi connectivity index (χ1n) is 8.74. The van der Waals surface area contributed by atoms with Crippen molar-refractivity contribution in [1.82, 2.24) is 30.5 Å². The minimum absolute atomic E-state index is 0.0863. The average molecular weight is 457 g/mol. The van der Waals surface area contributed by atoms with Crippen molar-refractivity contribution >= 4 is 29.3 Å². The van der Waals surface area contributed by atoms with Crippen LogP contribution in [0, 0.1) is 0 Å². The summed E-state index contributed by atoms with van der Waals surface area (Å²) < 4.78 is 39.4. The van der Waals surface area contributed by atoms with E-state index in [0.29, 0.717) is 12.2 Å². The third kappa shape index (κ3) is 5.92. The molecule has 1 N–H and O–H groups in total.